The molecule has 1 unspecified atom stereocenters. The summed E-state index contributed by atoms with van der Waals surface area (Å²) in [5.74, 6) is 1.51. The molecule has 1 aliphatic heterocycles. The van der Waals surface area contributed by atoms with Crippen LogP contribution in [0.3, 0.4) is 0 Å². The molecule has 0 saturated heterocycles. The number of aliphatic imine (C=N–C) groups is 1. The van der Waals surface area contributed by atoms with E-state index in [4.69, 9.17) is 17.3 Å². The first-order valence-corrected chi connectivity index (χ1v) is 6.85. The van der Waals surface area contributed by atoms with E-state index in [1.807, 2.05) is 12.1 Å². The Balaban J connectivity index is 1.85. The molecule has 1 aromatic carbocycles. The molecule has 4 heteroatoms. The van der Waals surface area contributed by atoms with Crippen molar-refractivity contribution in [3.05, 3.63) is 34.3 Å². The van der Waals surface area contributed by atoms with Crippen LogP contribution in [0.2, 0.25) is 5.02 Å². The van der Waals surface area contributed by atoms with E-state index in [-0.39, 0.29) is 0 Å². The second-order valence-corrected chi connectivity index (χ2v) is 5.75. The Morgan fingerprint density at radius 3 is 2.89 bits per heavy atom. The molecule has 3 nitrogen and oxygen atoms in total. The monoisotopic (exact) mass is 263 g/mol. The summed E-state index contributed by atoms with van der Waals surface area (Å²) in [6.45, 7) is 3.91. The van der Waals surface area contributed by atoms with Gasteiger partial charge in [-0.05, 0) is 48.9 Å². The largest absolute Gasteiger partial charge is 0.370 e. The molecule has 0 aromatic heterocycles. The highest BCUT2D eigenvalue weighted by atomic mass is 35.5. The zero-order valence-electron chi connectivity index (χ0n) is 10.6. The lowest BCUT2D eigenvalue weighted by molar-refractivity contribution is 0.333. The third-order valence-electron chi connectivity index (χ3n) is 3.84. The van der Waals surface area contributed by atoms with Crippen LogP contribution in [-0.4, -0.2) is 23.9 Å². The Kier molecular flexibility index (Phi) is 2.94. The molecule has 1 fully saturated rings. The molecular weight excluding hydrogens is 246 g/mol. The van der Waals surface area contributed by atoms with Crippen LogP contribution < -0.4 is 5.73 Å². The Morgan fingerprint density at radius 1 is 1.44 bits per heavy atom. The van der Waals surface area contributed by atoms with Gasteiger partial charge in [0, 0.05) is 11.6 Å². The van der Waals surface area contributed by atoms with Gasteiger partial charge in [-0.3, -0.25) is 4.99 Å². The van der Waals surface area contributed by atoms with Crippen molar-refractivity contribution in [1.29, 1.82) is 0 Å². The molecule has 0 bridgehead atoms. The Morgan fingerprint density at radius 2 is 2.22 bits per heavy atom. The van der Waals surface area contributed by atoms with E-state index in [2.05, 4.69) is 22.9 Å². The van der Waals surface area contributed by atoms with E-state index in [1.54, 1.807) is 0 Å². The average molecular weight is 264 g/mol. The maximum atomic E-state index is 6.02. The van der Waals surface area contributed by atoms with Crippen molar-refractivity contribution in [2.45, 2.75) is 25.8 Å². The van der Waals surface area contributed by atoms with Gasteiger partial charge in [0.1, 0.15) is 0 Å². The van der Waals surface area contributed by atoms with Crippen molar-refractivity contribution in [1.82, 2.24) is 4.90 Å². The van der Waals surface area contributed by atoms with Crippen molar-refractivity contribution >= 4 is 17.6 Å². The van der Waals surface area contributed by atoms with Gasteiger partial charge in [0.2, 0.25) is 0 Å². The molecule has 1 atom stereocenters. The molecule has 1 saturated carbocycles. The van der Waals surface area contributed by atoms with Crippen LogP contribution in [0.15, 0.2) is 23.2 Å². The summed E-state index contributed by atoms with van der Waals surface area (Å²) >= 11 is 6.02. The van der Waals surface area contributed by atoms with Crippen molar-refractivity contribution in [3.63, 3.8) is 0 Å². The number of guanidine groups is 1. The Labute approximate surface area is 113 Å². The number of rotatable bonds is 3. The minimum absolute atomic E-state index is 0.294. The molecule has 0 radical (unpaired) electrons. The number of benzene rings is 1. The normalized spacial score (nSPS) is 23.3. The maximum absolute atomic E-state index is 6.02. The van der Waals surface area contributed by atoms with Crippen LogP contribution in [0, 0.1) is 12.8 Å². The second-order valence-electron chi connectivity index (χ2n) is 5.31. The third-order valence-corrected chi connectivity index (χ3v) is 4.07. The first kappa shape index (κ1) is 11.8. The van der Waals surface area contributed by atoms with Crippen molar-refractivity contribution in [2.75, 3.05) is 13.1 Å². The number of nitrogens with two attached hydrogens (primary N) is 1. The van der Waals surface area contributed by atoms with Crippen LogP contribution in [0.5, 0.6) is 0 Å². The molecule has 1 aliphatic carbocycles. The number of hydrogen-bond acceptors (Lipinski definition) is 3. The molecule has 2 aliphatic rings. The van der Waals surface area contributed by atoms with E-state index in [0.717, 1.165) is 24.0 Å². The quantitative estimate of drug-likeness (QED) is 0.911. The lowest BCUT2D eigenvalue weighted by Crippen LogP contribution is -2.37. The summed E-state index contributed by atoms with van der Waals surface area (Å²) in [6, 6.07) is 6.37. The molecule has 0 spiro atoms. The first-order valence-electron chi connectivity index (χ1n) is 6.48. The van der Waals surface area contributed by atoms with Gasteiger partial charge < -0.3 is 10.6 Å². The fourth-order valence-corrected chi connectivity index (χ4v) is 2.83. The van der Waals surface area contributed by atoms with Gasteiger partial charge in [0.15, 0.2) is 5.96 Å². The number of nitrogens with zero attached hydrogens (tertiary/aromatic N) is 2. The van der Waals surface area contributed by atoms with Crippen LogP contribution in [0.25, 0.3) is 0 Å². The van der Waals surface area contributed by atoms with Gasteiger partial charge in [0.25, 0.3) is 0 Å². The van der Waals surface area contributed by atoms with E-state index in [9.17, 15) is 0 Å². The highest BCUT2D eigenvalue weighted by Crippen LogP contribution is 2.35. The first-order chi connectivity index (χ1) is 8.65. The standard InChI is InChI=1S/C14H18ClN3/c1-9-6-11(15)4-5-12(9)13-7-17-14(16)18(13)8-10-2-3-10/h4-6,10,13H,2-3,7-8H2,1H3,(H2,16,17). The third kappa shape index (κ3) is 2.19. The summed E-state index contributed by atoms with van der Waals surface area (Å²) in [4.78, 5) is 6.66. The van der Waals surface area contributed by atoms with Crippen LogP contribution in [0.4, 0.5) is 0 Å². The van der Waals surface area contributed by atoms with E-state index in [0.29, 0.717) is 12.0 Å². The minimum Gasteiger partial charge on any atom is -0.370 e. The summed E-state index contributed by atoms with van der Waals surface area (Å²) in [5, 5.41) is 0.789. The van der Waals surface area contributed by atoms with Crippen molar-refractivity contribution in [3.8, 4) is 0 Å². The fraction of sp³-hybridized carbons (Fsp3) is 0.500. The Bertz CT molecular complexity index is 494. The molecule has 96 valence electrons. The number of hydrogen-bond donors (Lipinski definition) is 1. The summed E-state index contributed by atoms with van der Waals surface area (Å²) < 4.78 is 0. The van der Waals surface area contributed by atoms with Gasteiger partial charge in [-0.15, -0.1) is 0 Å². The molecule has 1 aromatic rings. The minimum atomic E-state index is 0.294. The van der Waals surface area contributed by atoms with Gasteiger partial charge in [-0.1, -0.05) is 17.7 Å². The summed E-state index contributed by atoms with van der Waals surface area (Å²) in [6.07, 6.45) is 2.66. The zero-order valence-corrected chi connectivity index (χ0v) is 11.3. The molecule has 2 N–H and O–H groups in total. The maximum Gasteiger partial charge on any atom is 0.191 e. The smallest absolute Gasteiger partial charge is 0.191 e. The molecule has 0 amide bonds. The molecule has 18 heavy (non-hydrogen) atoms. The average Bonchev–Trinajstić information content (AvgIpc) is 3.06. The van der Waals surface area contributed by atoms with Gasteiger partial charge in [0.05, 0.1) is 12.6 Å². The SMILES string of the molecule is Cc1cc(Cl)ccc1C1CN=C(N)N1CC1CC1. The topological polar surface area (TPSA) is 41.6 Å². The highest BCUT2D eigenvalue weighted by Gasteiger charge is 2.33. The second kappa shape index (κ2) is 4.47. The Hall–Kier alpha value is -1.22. The summed E-state index contributed by atoms with van der Waals surface area (Å²) in [5.41, 5.74) is 8.53. The van der Waals surface area contributed by atoms with Gasteiger partial charge in [-0.25, -0.2) is 0 Å². The van der Waals surface area contributed by atoms with Crippen LogP contribution >= 0.6 is 11.6 Å². The number of halogens is 1. The molecule has 3 rings (SSSR count). The van der Waals surface area contributed by atoms with Gasteiger partial charge >= 0.3 is 0 Å². The zero-order chi connectivity index (χ0) is 12.7. The number of aryl methyl sites for hydroxylation is 1. The van der Waals surface area contributed by atoms with Crippen molar-refractivity contribution in [2.24, 2.45) is 16.6 Å². The van der Waals surface area contributed by atoms with Gasteiger partial charge in [-0.2, -0.15) is 0 Å². The van der Waals surface area contributed by atoms with Crippen LogP contribution in [-0.2, 0) is 0 Å². The van der Waals surface area contributed by atoms with Crippen molar-refractivity contribution < 1.29 is 0 Å². The molecule has 1 heterocycles. The lowest BCUT2D eigenvalue weighted by atomic mass is 10.0. The van der Waals surface area contributed by atoms with E-state index >= 15 is 0 Å². The lowest BCUT2D eigenvalue weighted by Gasteiger charge is -2.27. The van der Waals surface area contributed by atoms with Crippen LogP contribution in [0.1, 0.15) is 30.0 Å². The summed E-state index contributed by atoms with van der Waals surface area (Å²) in [7, 11) is 0. The van der Waals surface area contributed by atoms with E-state index < -0.39 is 0 Å². The molecular formula is C14H18ClN3. The highest BCUT2D eigenvalue weighted by molar-refractivity contribution is 6.30. The van der Waals surface area contributed by atoms with E-state index in [1.165, 1.54) is 24.0 Å². The predicted molar refractivity (Wildman–Crippen MR) is 74.8 cm³/mol. The fourth-order valence-electron chi connectivity index (χ4n) is 2.61. The predicted octanol–water partition coefficient (Wildman–Crippen LogP) is 2.73.